The van der Waals surface area contributed by atoms with Crippen LogP contribution in [0.25, 0.3) is 0 Å². The highest BCUT2D eigenvalue weighted by Crippen LogP contribution is 2.29. The molecule has 0 heterocycles. The van der Waals surface area contributed by atoms with Crippen LogP contribution in [0.3, 0.4) is 0 Å². The zero-order chi connectivity index (χ0) is 14.0. The van der Waals surface area contributed by atoms with E-state index in [-0.39, 0.29) is 6.61 Å². The van der Waals surface area contributed by atoms with E-state index in [4.69, 9.17) is 22.1 Å². The molecule has 0 aliphatic rings. The molecule has 2 rings (SSSR count). The fourth-order valence-corrected chi connectivity index (χ4v) is 2.24. The van der Waals surface area contributed by atoms with Gasteiger partial charge in [0.2, 0.25) is 0 Å². The van der Waals surface area contributed by atoms with Crippen molar-refractivity contribution in [3.05, 3.63) is 56.8 Å². The lowest BCUT2D eigenvalue weighted by molar-refractivity contribution is 0.306. The largest absolute Gasteiger partial charge is 0.487 e. The molecule has 0 amide bonds. The van der Waals surface area contributed by atoms with E-state index in [0.29, 0.717) is 20.9 Å². The minimum Gasteiger partial charge on any atom is -0.487 e. The number of hydrogen-bond donors (Lipinski definition) is 1. The maximum atomic E-state index is 13.4. The second-order valence-electron chi connectivity index (χ2n) is 4.19. The highest BCUT2D eigenvalue weighted by atomic mass is 79.9. The first kappa shape index (κ1) is 14.2. The predicted octanol–water partition coefficient (Wildman–Crippen LogP) is 4.71. The van der Waals surface area contributed by atoms with Gasteiger partial charge in [-0.15, -0.1) is 0 Å². The smallest absolute Gasteiger partial charge is 0.145 e. The molecule has 2 aromatic carbocycles. The van der Waals surface area contributed by atoms with Gasteiger partial charge in [-0.3, -0.25) is 0 Å². The summed E-state index contributed by atoms with van der Waals surface area (Å²) in [6.07, 6.45) is 0. The quantitative estimate of drug-likeness (QED) is 0.818. The minimum absolute atomic E-state index is 0.240. The molecule has 0 radical (unpaired) electrons. The van der Waals surface area contributed by atoms with E-state index < -0.39 is 5.82 Å². The molecule has 2 N–H and O–H groups in total. The van der Waals surface area contributed by atoms with Crippen molar-refractivity contribution in [2.45, 2.75) is 13.5 Å². The molecule has 19 heavy (non-hydrogen) atoms. The summed E-state index contributed by atoms with van der Waals surface area (Å²) in [4.78, 5) is 0. The summed E-state index contributed by atoms with van der Waals surface area (Å²) in [5.41, 5.74) is 8.03. The van der Waals surface area contributed by atoms with E-state index in [9.17, 15) is 4.39 Å². The number of aryl methyl sites for hydroxylation is 1. The SMILES string of the molecule is Cc1ccc(COc2cc(F)c(Br)cc2N)c(Cl)c1. The van der Waals surface area contributed by atoms with E-state index in [1.807, 2.05) is 25.1 Å². The summed E-state index contributed by atoms with van der Waals surface area (Å²) in [5, 5.41) is 0.621. The van der Waals surface area contributed by atoms with E-state index in [1.165, 1.54) is 12.1 Å². The van der Waals surface area contributed by atoms with Gasteiger partial charge in [-0.05, 0) is 40.5 Å². The zero-order valence-electron chi connectivity index (χ0n) is 10.2. The Labute approximate surface area is 124 Å². The fourth-order valence-electron chi connectivity index (χ4n) is 1.59. The summed E-state index contributed by atoms with van der Waals surface area (Å²) in [6.45, 7) is 2.20. The highest BCUT2D eigenvalue weighted by molar-refractivity contribution is 9.10. The van der Waals surface area contributed by atoms with Gasteiger partial charge in [0.05, 0.1) is 10.2 Å². The van der Waals surface area contributed by atoms with Crippen LogP contribution in [-0.4, -0.2) is 0 Å². The Hall–Kier alpha value is -1.26. The second-order valence-corrected chi connectivity index (χ2v) is 5.45. The number of benzene rings is 2. The van der Waals surface area contributed by atoms with Crippen molar-refractivity contribution in [1.82, 2.24) is 0 Å². The van der Waals surface area contributed by atoms with Gasteiger partial charge in [-0.25, -0.2) is 4.39 Å². The van der Waals surface area contributed by atoms with Crippen LogP contribution < -0.4 is 10.5 Å². The Morgan fingerprint density at radius 2 is 2.05 bits per heavy atom. The van der Waals surface area contributed by atoms with Crippen molar-refractivity contribution in [1.29, 1.82) is 0 Å². The first-order valence-corrected chi connectivity index (χ1v) is 6.77. The van der Waals surface area contributed by atoms with Crippen molar-refractivity contribution in [3.8, 4) is 5.75 Å². The molecule has 2 nitrogen and oxygen atoms in total. The Morgan fingerprint density at radius 3 is 2.74 bits per heavy atom. The molecule has 100 valence electrons. The number of hydrogen-bond acceptors (Lipinski definition) is 2. The van der Waals surface area contributed by atoms with Crippen molar-refractivity contribution in [3.63, 3.8) is 0 Å². The molecule has 0 atom stereocenters. The van der Waals surface area contributed by atoms with Gasteiger partial charge >= 0.3 is 0 Å². The molecule has 0 fully saturated rings. The fraction of sp³-hybridized carbons (Fsp3) is 0.143. The van der Waals surface area contributed by atoms with Gasteiger partial charge in [0, 0.05) is 16.7 Å². The molecule has 0 aliphatic heterocycles. The van der Waals surface area contributed by atoms with E-state index in [1.54, 1.807) is 0 Å². The topological polar surface area (TPSA) is 35.2 Å². The van der Waals surface area contributed by atoms with Crippen LogP contribution in [0.4, 0.5) is 10.1 Å². The van der Waals surface area contributed by atoms with Crippen molar-refractivity contribution < 1.29 is 9.13 Å². The number of halogens is 3. The third-order valence-electron chi connectivity index (χ3n) is 2.64. The summed E-state index contributed by atoms with van der Waals surface area (Å²) >= 11 is 9.16. The minimum atomic E-state index is -0.417. The van der Waals surface area contributed by atoms with Gasteiger partial charge < -0.3 is 10.5 Å². The zero-order valence-corrected chi connectivity index (χ0v) is 12.6. The molecule has 5 heteroatoms. The average molecular weight is 345 g/mol. The molecule has 0 spiro atoms. The lowest BCUT2D eigenvalue weighted by Gasteiger charge is -2.11. The molecular formula is C14H12BrClFNO. The van der Waals surface area contributed by atoms with Crippen LogP contribution in [0.5, 0.6) is 5.75 Å². The maximum absolute atomic E-state index is 13.4. The second kappa shape index (κ2) is 5.80. The number of nitrogens with two attached hydrogens (primary N) is 1. The number of anilines is 1. The van der Waals surface area contributed by atoms with Gasteiger partial charge in [-0.2, -0.15) is 0 Å². The van der Waals surface area contributed by atoms with Crippen molar-refractivity contribution in [2.24, 2.45) is 0 Å². The van der Waals surface area contributed by atoms with Gasteiger partial charge in [0.15, 0.2) is 0 Å². The number of ether oxygens (including phenoxy) is 1. The van der Waals surface area contributed by atoms with Crippen LogP contribution in [-0.2, 0) is 6.61 Å². The van der Waals surface area contributed by atoms with Gasteiger partial charge in [-0.1, -0.05) is 23.7 Å². The Kier molecular flexibility index (Phi) is 4.32. The van der Waals surface area contributed by atoms with Crippen LogP contribution in [0.15, 0.2) is 34.8 Å². The number of rotatable bonds is 3. The summed E-state index contributed by atoms with van der Waals surface area (Å²) in [7, 11) is 0. The normalized spacial score (nSPS) is 10.5. The molecule has 2 aromatic rings. The molecule has 0 saturated heterocycles. The highest BCUT2D eigenvalue weighted by Gasteiger charge is 2.08. The standard InChI is InChI=1S/C14H12BrClFNO/c1-8-2-3-9(11(16)4-8)7-19-14-6-12(17)10(15)5-13(14)18/h2-6H,7,18H2,1H3. The van der Waals surface area contributed by atoms with Crippen molar-refractivity contribution >= 4 is 33.2 Å². The molecule has 0 saturated carbocycles. The summed E-state index contributed by atoms with van der Waals surface area (Å²) < 4.78 is 19.2. The third kappa shape index (κ3) is 3.39. The first-order chi connectivity index (χ1) is 8.97. The predicted molar refractivity (Wildman–Crippen MR) is 79.0 cm³/mol. The molecule has 0 unspecified atom stereocenters. The molecular weight excluding hydrogens is 333 g/mol. The van der Waals surface area contributed by atoms with E-state index >= 15 is 0 Å². The lowest BCUT2D eigenvalue weighted by atomic mass is 10.1. The Morgan fingerprint density at radius 1 is 1.32 bits per heavy atom. The summed E-state index contributed by atoms with van der Waals surface area (Å²) in [5.74, 6) is -0.114. The maximum Gasteiger partial charge on any atom is 0.145 e. The van der Waals surface area contributed by atoms with Crippen LogP contribution in [0, 0.1) is 12.7 Å². The van der Waals surface area contributed by atoms with Crippen LogP contribution in [0.2, 0.25) is 5.02 Å². The number of nitrogen functional groups attached to an aromatic ring is 1. The molecule has 0 bridgehead atoms. The summed E-state index contributed by atoms with van der Waals surface area (Å²) in [6, 6.07) is 8.40. The van der Waals surface area contributed by atoms with Crippen LogP contribution in [0.1, 0.15) is 11.1 Å². The van der Waals surface area contributed by atoms with Crippen LogP contribution >= 0.6 is 27.5 Å². The molecule has 0 aliphatic carbocycles. The lowest BCUT2D eigenvalue weighted by Crippen LogP contribution is -2.00. The third-order valence-corrected chi connectivity index (χ3v) is 3.60. The van der Waals surface area contributed by atoms with E-state index in [2.05, 4.69) is 15.9 Å². The van der Waals surface area contributed by atoms with Gasteiger partial charge in [0.1, 0.15) is 18.2 Å². The molecule has 0 aromatic heterocycles. The van der Waals surface area contributed by atoms with Crippen molar-refractivity contribution in [2.75, 3.05) is 5.73 Å². The Bertz CT molecular complexity index is 619. The monoisotopic (exact) mass is 343 g/mol. The van der Waals surface area contributed by atoms with Gasteiger partial charge in [0.25, 0.3) is 0 Å². The van der Waals surface area contributed by atoms with E-state index in [0.717, 1.165) is 11.1 Å². The average Bonchev–Trinajstić information content (AvgIpc) is 2.34. The Balaban J connectivity index is 2.16. The first-order valence-electron chi connectivity index (χ1n) is 5.59.